The Labute approximate surface area is 342 Å². The van der Waals surface area contributed by atoms with Gasteiger partial charge in [0.15, 0.2) is 6.10 Å². The second-order valence-corrected chi connectivity index (χ2v) is 15.6. The monoisotopic (exact) mass is 784 g/mol. The summed E-state index contributed by atoms with van der Waals surface area (Å²) in [5.41, 5.74) is 0. The van der Waals surface area contributed by atoms with Gasteiger partial charge in [-0.3, -0.25) is 9.59 Å². The number of hydrogen-bond acceptors (Lipinski definition) is 7. The average molecular weight is 784 g/mol. The maximum Gasteiger partial charge on any atom is 0.306 e. The van der Waals surface area contributed by atoms with Crippen molar-refractivity contribution in [2.45, 2.75) is 174 Å². The van der Waals surface area contributed by atoms with Gasteiger partial charge in [-0.25, -0.2) is 0 Å². The number of carboxylic acid groups (broad SMARTS) is 1. The van der Waals surface area contributed by atoms with Crippen molar-refractivity contribution in [2.75, 3.05) is 41.0 Å². The summed E-state index contributed by atoms with van der Waals surface area (Å²) in [4.78, 5) is 36.8. The van der Waals surface area contributed by atoms with Gasteiger partial charge in [0.05, 0.1) is 40.3 Å². The van der Waals surface area contributed by atoms with Gasteiger partial charge in [-0.2, -0.15) is 0 Å². The normalized spacial score (nSPS) is 13.7. The van der Waals surface area contributed by atoms with Gasteiger partial charge >= 0.3 is 11.9 Å². The van der Waals surface area contributed by atoms with E-state index in [1.807, 2.05) is 6.08 Å². The van der Waals surface area contributed by atoms with E-state index in [1.165, 1.54) is 44.9 Å². The van der Waals surface area contributed by atoms with Crippen molar-refractivity contribution in [3.05, 3.63) is 72.9 Å². The Morgan fingerprint density at radius 2 is 1.07 bits per heavy atom. The molecule has 0 aromatic rings. The third-order valence-corrected chi connectivity index (χ3v) is 9.42. The topological polar surface area (TPSA) is 102 Å². The second kappa shape index (κ2) is 38.6. The third-order valence-electron chi connectivity index (χ3n) is 9.42. The second-order valence-electron chi connectivity index (χ2n) is 15.6. The van der Waals surface area contributed by atoms with E-state index in [4.69, 9.17) is 14.2 Å². The number of ether oxygens (including phenoxy) is 3. The highest BCUT2D eigenvalue weighted by molar-refractivity contribution is 5.70. The lowest BCUT2D eigenvalue weighted by atomic mass is 10.1. The first kappa shape index (κ1) is 52.8. The van der Waals surface area contributed by atoms with Crippen LogP contribution in [-0.2, 0) is 28.6 Å². The zero-order valence-electron chi connectivity index (χ0n) is 36.3. The Bertz CT molecular complexity index is 1140. The molecule has 0 rings (SSSR count). The number of unbranched alkanes of at least 4 members (excludes halogenated alkanes) is 15. The number of allylic oxidation sites excluding steroid dienone is 12. The molecule has 8 nitrogen and oxygen atoms in total. The molecule has 0 radical (unpaired) electrons. The summed E-state index contributed by atoms with van der Waals surface area (Å²) < 4.78 is 17.1. The number of quaternary nitrogens is 1. The Kier molecular flexibility index (Phi) is 36.4. The largest absolute Gasteiger partial charge is 0.544 e. The molecule has 0 aliphatic carbocycles. The molecule has 0 saturated heterocycles. The van der Waals surface area contributed by atoms with Gasteiger partial charge in [-0.15, -0.1) is 0 Å². The number of carbonyl (C=O) groups is 3. The number of hydrogen-bond donors (Lipinski definition) is 0. The fraction of sp³-hybridized carbons (Fsp3) is 0.688. The van der Waals surface area contributed by atoms with Crippen molar-refractivity contribution < 1.29 is 38.2 Å². The molecule has 0 bridgehead atoms. The van der Waals surface area contributed by atoms with Crippen molar-refractivity contribution in [3.8, 4) is 0 Å². The minimum absolute atomic E-state index is 0.0246. The maximum atomic E-state index is 12.7. The molecule has 0 spiro atoms. The number of carboxylic acids is 1. The van der Waals surface area contributed by atoms with Crippen molar-refractivity contribution in [1.29, 1.82) is 0 Å². The first-order chi connectivity index (χ1) is 27.1. The van der Waals surface area contributed by atoms with Gasteiger partial charge < -0.3 is 28.6 Å². The van der Waals surface area contributed by atoms with Crippen molar-refractivity contribution in [2.24, 2.45) is 0 Å². The lowest BCUT2D eigenvalue weighted by molar-refractivity contribution is -0.889. The average Bonchev–Trinajstić information content (AvgIpc) is 3.15. The predicted octanol–water partition coefficient (Wildman–Crippen LogP) is 10.6. The van der Waals surface area contributed by atoms with E-state index in [0.29, 0.717) is 6.42 Å². The van der Waals surface area contributed by atoms with E-state index in [1.54, 1.807) is 21.1 Å². The van der Waals surface area contributed by atoms with Gasteiger partial charge in [0.2, 0.25) is 0 Å². The standard InChI is InChI=1S/C48H81NO7/c1-6-8-10-12-14-16-18-20-22-23-24-25-27-29-31-33-35-37-39-47(51)56-44(42-54-41-40-45(48(52)53)49(3,4)5)43-55-46(50)38-36-34-32-30-28-26-21-19-17-15-13-11-9-7-2/h9,11,14-18,20,22-25,44-45H,6-8,10,12-13,19,21,26-43H2,1-5H3/b11-9+,16-14+,17-15+,20-18+,23-22+,25-24+. The predicted molar refractivity (Wildman–Crippen MR) is 231 cm³/mol. The zero-order chi connectivity index (χ0) is 41.4. The molecule has 2 unspecified atom stereocenters. The van der Waals surface area contributed by atoms with E-state index >= 15 is 0 Å². The molecule has 320 valence electrons. The highest BCUT2D eigenvalue weighted by Gasteiger charge is 2.25. The molecule has 0 amide bonds. The van der Waals surface area contributed by atoms with Gasteiger partial charge in [0.1, 0.15) is 12.6 Å². The molecule has 0 fully saturated rings. The van der Waals surface area contributed by atoms with E-state index in [0.717, 1.165) is 83.5 Å². The summed E-state index contributed by atoms with van der Waals surface area (Å²) in [6.45, 7) is 4.47. The number of carbonyl (C=O) groups excluding carboxylic acids is 3. The maximum absolute atomic E-state index is 12.7. The van der Waals surface area contributed by atoms with Crippen molar-refractivity contribution in [1.82, 2.24) is 0 Å². The Hall–Kier alpha value is -3.23. The number of likely N-dealkylation sites (N-methyl/N-ethyl adjacent to an activating group) is 1. The smallest absolute Gasteiger partial charge is 0.306 e. The van der Waals surface area contributed by atoms with Crippen LogP contribution < -0.4 is 5.11 Å². The molecule has 0 aromatic carbocycles. The summed E-state index contributed by atoms with van der Waals surface area (Å²) in [5, 5.41) is 11.6. The number of rotatable bonds is 38. The minimum Gasteiger partial charge on any atom is -0.544 e. The van der Waals surface area contributed by atoms with Gasteiger partial charge in [-0.1, -0.05) is 151 Å². The number of nitrogens with zero attached hydrogens (tertiary/aromatic N) is 1. The van der Waals surface area contributed by atoms with Crippen molar-refractivity contribution in [3.63, 3.8) is 0 Å². The SMILES string of the molecule is CC/C=C/C/C=C/CCCCCCCCCC(=O)OCC(COCCC(C(=O)[O-])[N+](C)(C)C)OC(=O)CCCCCCC/C=C/C=C/C=C/C=C/CCCCC. The number of aliphatic carboxylic acids is 1. The highest BCUT2D eigenvalue weighted by atomic mass is 16.6. The van der Waals surface area contributed by atoms with Gasteiger partial charge in [0, 0.05) is 19.3 Å². The summed E-state index contributed by atoms with van der Waals surface area (Å²) in [6, 6.07) is -0.735. The van der Waals surface area contributed by atoms with Crippen LogP contribution in [0.3, 0.4) is 0 Å². The molecule has 8 heteroatoms. The van der Waals surface area contributed by atoms with Crippen LogP contribution in [0.2, 0.25) is 0 Å². The fourth-order valence-electron chi connectivity index (χ4n) is 6.00. The summed E-state index contributed by atoms with van der Waals surface area (Å²) in [5.74, 6) is -1.78. The highest BCUT2D eigenvalue weighted by Crippen LogP contribution is 2.13. The van der Waals surface area contributed by atoms with E-state index in [9.17, 15) is 19.5 Å². The first-order valence-corrected chi connectivity index (χ1v) is 22.0. The van der Waals surface area contributed by atoms with Crippen LogP contribution in [0.25, 0.3) is 0 Å². The molecule has 0 aliphatic rings. The number of esters is 2. The Morgan fingerprint density at radius 3 is 1.62 bits per heavy atom. The quantitative estimate of drug-likeness (QED) is 0.0202. The van der Waals surface area contributed by atoms with Crippen LogP contribution in [0, 0.1) is 0 Å². The van der Waals surface area contributed by atoms with E-state index in [-0.39, 0.29) is 49.1 Å². The molecular weight excluding hydrogens is 703 g/mol. The molecule has 0 heterocycles. The first-order valence-electron chi connectivity index (χ1n) is 22.0. The van der Waals surface area contributed by atoms with Gasteiger partial charge in [-0.05, 0) is 64.2 Å². The Balaban J connectivity index is 4.43. The Morgan fingerprint density at radius 1 is 0.571 bits per heavy atom. The molecule has 0 aliphatic heterocycles. The molecule has 0 saturated carbocycles. The fourth-order valence-corrected chi connectivity index (χ4v) is 6.00. The van der Waals surface area contributed by atoms with Crippen LogP contribution in [0.4, 0.5) is 0 Å². The summed E-state index contributed by atoms with van der Waals surface area (Å²) >= 11 is 0. The van der Waals surface area contributed by atoms with Crippen LogP contribution in [0.1, 0.15) is 162 Å². The van der Waals surface area contributed by atoms with Crippen molar-refractivity contribution >= 4 is 17.9 Å². The van der Waals surface area contributed by atoms with Crippen LogP contribution >= 0.6 is 0 Å². The molecule has 0 N–H and O–H groups in total. The molecular formula is C48H81NO7. The summed E-state index contributed by atoms with van der Waals surface area (Å²) in [7, 11) is 5.39. The van der Waals surface area contributed by atoms with Crippen LogP contribution in [-0.4, -0.2) is 75.5 Å². The molecule has 56 heavy (non-hydrogen) atoms. The lowest BCUT2D eigenvalue weighted by Gasteiger charge is -2.34. The van der Waals surface area contributed by atoms with E-state index in [2.05, 4.69) is 80.7 Å². The molecule has 2 atom stereocenters. The van der Waals surface area contributed by atoms with Gasteiger partial charge in [0.25, 0.3) is 0 Å². The van der Waals surface area contributed by atoms with E-state index < -0.39 is 18.1 Å². The lowest BCUT2D eigenvalue weighted by Crippen LogP contribution is -2.55. The minimum atomic E-state index is -1.13. The zero-order valence-corrected chi connectivity index (χ0v) is 36.3. The van der Waals surface area contributed by atoms with Crippen LogP contribution in [0.5, 0.6) is 0 Å². The summed E-state index contributed by atoms with van der Waals surface area (Å²) in [6.07, 6.45) is 47.7. The van der Waals surface area contributed by atoms with Crippen LogP contribution in [0.15, 0.2) is 72.9 Å². The third kappa shape index (κ3) is 36.4. The molecule has 0 aromatic heterocycles.